The van der Waals surface area contributed by atoms with Gasteiger partial charge in [-0.2, -0.15) is 0 Å². The summed E-state index contributed by atoms with van der Waals surface area (Å²) in [7, 11) is -2.18. The van der Waals surface area contributed by atoms with Crippen molar-refractivity contribution < 1.29 is 13.2 Å². The number of nitrogens with two attached hydrogens (primary N) is 1. The average Bonchev–Trinajstić information content (AvgIpc) is 2.58. The zero-order valence-corrected chi connectivity index (χ0v) is 13.8. The van der Waals surface area contributed by atoms with Crippen molar-refractivity contribution in [2.45, 2.75) is 4.90 Å². The Labute approximate surface area is 140 Å². The summed E-state index contributed by atoms with van der Waals surface area (Å²) in [5.41, 5.74) is 1.55. The fourth-order valence-electron chi connectivity index (χ4n) is 2.49. The largest absolute Gasteiger partial charge is 0.497 e. The summed E-state index contributed by atoms with van der Waals surface area (Å²) in [5.74, 6) is 0.744. The molecule has 0 atom stereocenters. The molecular formula is C18H16N2O3S. The van der Waals surface area contributed by atoms with E-state index in [0.717, 1.165) is 16.7 Å². The Bertz CT molecular complexity index is 1030. The third-order valence-electron chi connectivity index (χ3n) is 3.61. The molecule has 0 heterocycles. The first-order chi connectivity index (χ1) is 11.5. The third-order valence-corrected chi connectivity index (χ3v) is 4.58. The van der Waals surface area contributed by atoms with Gasteiger partial charge in [0.05, 0.1) is 17.7 Å². The van der Waals surface area contributed by atoms with Crippen molar-refractivity contribution in [3.05, 3.63) is 66.2 Å². The quantitative estimate of drug-likeness (QED) is 0.740. The van der Waals surface area contributed by atoms with Crippen molar-refractivity contribution in [1.82, 2.24) is 0 Å². The van der Waals surface area contributed by atoms with Crippen molar-refractivity contribution in [1.29, 1.82) is 0 Å². The second-order valence-electron chi connectivity index (χ2n) is 5.21. The Balaban J connectivity index is 2.09. The number of fused-ring (bicyclic) bond motifs is 1. The van der Waals surface area contributed by atoms with Crippen LogP contribution in [0.5, 0.6) is 5.75 Å². The fraction of sp³-hybridized carbons (Fsp3) is 0.0556. The number of sulfonamides is 1. The highest BCUT2D eigenvalue weighted by molar-refractivity contribution is 7.89. The van der Waals surface area contributed by atoms with Crippen molar-refractivity contribution in [3.63, 3.8) is 0 Å². The third kappa shape index (κ3) is 3.29. The number of rotatable bonds is 4. The topological polar surface area (TPSA) is 81.8 Å². The summed E-state index contributed by atoms with van der Waals surface area (Å²) < 4.78 is 28.7. The summed E-state index contributed by atoms with van der Waals surface area (Å²) in [6.45, 7) is 0. The highest BCUT2D eigenvalue weighted by Crippen LogP contribution is 2.30. The minimum atomic E-state index is -3.79. The van der Waals surface area contributed by atoms with E-state index in [4.69, 9.17) is 9.88 Å². The Kier molecular flexibility index (Phi) is 4.33. The van der Waals surface area contributed by atoms with Gasteiger partial charge in [0.15, 0.2) is 0 Å². The molecule has 0 unspecified atom stereocenters. The van der Waals surface area contributed by atoms with Crippen LogP contribution in [0.4, 0.5) is 5.69 Å². The van der Waals surface area contributed by atoms with Crippen LogP contribution >= 0.6 is 0 Å². The van der Waals surface area contributed by atoms with Crippen LogP contribution in [0, 0.1) is 0 Å². The van der Waals surface area contributed by atoms with Crippen LogP contribution in [0.25, 0.3) is 10.8 Å². The van der Waals surface area contributed by atoms with E-state index in [2.05, 4.69) is 4.99 Å². The number of nitrogens with zero attached hydrogens (tertiary/aromatic N) is 1. The molecule has 0 aliphatic rings. The minimum Gasteiger partial charge on any atom is -0.497 e. The maximum Gasteiger partial charge on any atom is 0.238 e. The maximum absolute atomic E-state index is 11.7. The first kappa shape index (κ1) is 16.2. The van der Waals surface area contributed by atoms with Crippen LogP contribution in [0.2, 0.25) is 0 Å². The number of benzene rings is 3. The van der Waals surface area contributed by atoms with E-state index in [0.29, 0.717) is 11.1 Å². The van der Waals surface area contributed by atoms with Gasteiger partial charge in [-0.1, -0.05) is 36.4 Å². The molecule has 24 heavy (non-hydrogen) atoms. The number of aliphatic imine (C=N–C) groups is 1. The van der Waals surface area contributed by atoms with Gasteiger partial charge >= 0.3 is 0 Å². The molecule has 0 saturated carbocycles. The summed E-state index contributed by atoms with van der Waals surface area (Å²) in [5, 5.41) is 6.57. The van der Waals surface area contributed by atoms with Crippen LogP contribution < -0.4 is 9.88 Å². The average molecular weight is 340 g/mol. The van der Waals surface area contributed by atoms with Gasteiger partial charge < -0.3 is 4.74 Å². The minimum absolute atomic E-state index is 0.0958. The van der Waals surface area contributed by atoms with Gasteiger partial charge in [0.25, 0.3) is 0 Å². The van der Waals surface area contributed by atoms with Crippen molar-refractivity contribution in [2.75, 3.05) is 7.11 Å². The molecule has 0 fully saturated rings. The molecule has 3 aromatic carbocycles. The summed E-state index contributed by atoms with van der Waals surface area (Å²) in [6.07, 6.45) is 1.71. The smallest absolute Gasteiger partial charge is 0.238 e. The van der Waals surface area contributed by atoms with E-state index in [1.165, 1.54) is 6.07 Å². The first-order valence-corrected chi connectivity index (χ1v) is 8.76. The molecule has 0 aliphatic carbocycles. The summed E-state index contributed by atoms with van der Waals surface area (Å²) in [4.78, 5) is 4.58. The molecule has 0 saturated heterocycles. The van der Waals surface area contributed by atoms with Gasteiger partial charge in [0, 0.05) is 17.0 Å². The van der Waals surface area contributed by atoms with Gasteiger partial charge in [-0.3, -0.25) is 4.99 Å². The molecule has 5 nitrogen and oxygen atoms in total. The van der Waals surface area contributed by atoms with E-state index in [-0.39, 0.29) is 4.90 Å². The number of methoxy groups -OCH3 is 1. The predicted molar refractivity (Wildman–Crippen MR) is 95.6 cm³/mol. The fourth-order valence-corrected chi connectivity index (χ4v) is 3.24. The lowest BCUT2D eigenvalue weighted by molar-refractivity contribution is 0.415. The van der Waals surface area contributed by atoms with Gasteiger partial charge in [-0.05, 0) is 29.8 Å². The summed E-state index contributed by atoms with van der Waals surface area (Å²) in [6, 6.07) is 17.8. The van der Waals surface area contributed by atoms with Crippen molar-refractivity contribution >= 4 is 32.7 Å². The molecule has 0 radical (unpaired) electrons. The van der Waals surface area contributed by atoms with Crippen LogP contribution in [0.1, 0.15) is 5.56 Å². The molecule has 0 aromatic heterocycles. The van der Waals surface area contributed by atoms with Crippen LogP contribution in [0.15, 0.2) is 70.6 Å². The molecule has 0 spiro atoms. The lowest BCUT2D eigenvalue weighted by Gasteiger charge is -2.06. The Morgan fingerprint density at radius 2 is 1.71 bits per heavy atom. The normalized spacial score (nSPS) is 11.9. The van der Waals surface area contributed by atoms with Gasteiger partial charge in [-0.25, -0.2) is 13.6 Å². The molecule has 6 heteroatoms. The Morgan fingerprint density at radius 3 is 2.46 bits per heavy atom. The Morgan fingerprint density at radius 1 is 1.00 bits per heavy atom. The molecule has 2 N–H and O–H groups in total. The number of primary sulfonamides is 1. The number of hydrogen-bond acceptors (Lipinski definition) is 4. The van der Waals surface area contributed by atoms with E-state index in [1.807, 2.05) is 36.4 Å². The monoisotopic (exact) mass is 340 g/mol. The highest BCUT2D eigenvalue weighted by atomic mass is 32.2. The van der Waals surface area contributed by atoms with Crippen molar-refractivity contribution in [3.8, 4) is 5.75 Å². The SMILES string of the molecule is COc1cccc(C=Nc2cccc3c(S(N)(=O)=O)cccc23)c1. The van der Waals surface area contributed by atoms with Gasteiger partial charge in [0.1, 0.15) is 5.75 Å². The zero-order chi connectivity index (χ0) is 17.2. The van der Waals surface area contributed by atoms with Crippen LogP contribution in [-0.2, 0) is 10.0 Å². The molecule has 0 amide bonds. The lowest BCUT2D eigenvalue weighted by Crippen LogP contribution is -2.12. The van der Waals surface area contributed by atoms with Crippen LogP contribution in [0.3, 0.4) is 0 Å². The van der Waals surface area contributed by atoms with E-state index in [9.17, 15) is 8.42 Å². The van der Waals surface area contributed by atoms with Crippen molar-refractivity contribution in [2.24, 2.45) is 10.1 Å². The second-order valence-corrected chi connectivity index (χ2v) is 6.74. The molecular weight excluding hydrogens is 324 g/mol. The molecule has 3 rings (SSSR count). The second kappa shape index (κ2) is 6.43. The first-order valence-electron chi connectivity index (χ1n) is 7.22. The lowest BCUT2D eigenvalue weighted by atomic mass is 10.1. The zero-order valence-electron chi connectivity index (χ0n) is 13.0. The standard InChI is InChI=1S/C18H16N2O3S/c1-23-14-6-2-5-13(11-14)12-20-17-9-3-8-16-15(17)7-4-10-18(16)24(19,21)22/h2-12H,1H3,(H2,19,21,22). The molecule has 3 aromatic rings. The molecule has 0 bridgehead atoms. The summed E-state index contributed by atoms with van der Waals surface area (Å²) >= 11 is 0. The predicted octanol–water partition coefficient (Wildman–Crippen LogP) is 3.25. The van der Waals surface area contributed by atoms with E-state index < -0.39 is 10.0 Å². The highest BCUT2D eigenvalue weighted by Gasteiger charge is 2.13. The number of hydrogen-bond donors (Lipinski definition) is 1. The van der Waals surface area contributed by atoms with E-state index >= 15 is 0 Å². The Hall–Kier alpha value is -2.70. The van der Waals surface area contributed by atoms with Crippen LogP contribution in [-0.4, -0.2) is 21.7 Å². The van der Waals surface area contributed by atoms with Gasteiger partial charge in [-0.15, -0.1) is 0 Å². The maximum atomic E-state index is 11.7. The molecule has 0 aliphatic heterocycles. The number of ether oxygens (including phenoxy) is 1. The van der Waals surface area contributed by atoms with Gasteiger partial charge in [0.2, 0.25) is 10.0 Å². The molecule has 122 valence electrons. The van der Waals surface area contributed by atoms with E-state index in [1.54, 1.807) is 31.5 Å².